The second kappa shape index (κ2) is 3.36. The Balaban J connectivity index is 4.32. The molecule has 2 heteroatoms. The number of allylic oxidation sites excluding steroid dienone is 1. The monoisotopic (exact) mass is 152 g/mol. The minimum atomic E-state index is -1.11. The fourth-order valence-corrected chi connectivity index (χ4v) is 0.316. The van der Waals surface area contributed by atoms with Gasteiger partial charge in [-0.25, -0.2) is 0 Å². The van der Waals surface area contributed by atoms with Crippen LogP contribution in [0, 0.1) is 11.8 Å². The van der Waals surface area contributed by atoms with Gasteiger partial charge in [0, 0.05) is 0 Å². The molecule has 0 fully saturated rings. The van der Waals surface area contributed by atoms with Crippen LogP contribution in [0.2, 0.25) is 0 Å². The third kappa shape index (κ3) is 5.38. The normalized spacial score (nSPS) is 9.82. The lowest BCUT2D eigenvalue weighted by Gasteiger charge is -2.05. The van der Waals surface area contributed by atoms with E-state index in [0.717, 1.165) is 0 Å². The molecule has 2 nitrogen and oxygen atoms in total. The van der Waals surface area contributed by atoms with E-state index in [4.69, 9.17) is 5.11 Å². The van der Waals surface area contributed by atoms with Crippen molar-refractivity contribution in [3.8, 4) is 11.8 Å². The summed E-state index contributed by atoms with van der Waals surface area (Å²) < 4.78 is 0. The molecular weight excluding hydrogens is 140 g/mol. The van der Waals surface area contributed by atoms with Gasteiger partial charge in [0.05, 0.1) is 0 Å². The van der Waals surface area contributed by atoms with E-state index >= 15 is 0 Å². The molecule has 0 bridgehead atoms. The summed E-state index contributed by atoms with van der Waals surface area (Å²) >= 11 is 0. The van der Waals surface area contributed by atoms with Crippen LogP contribution >= 0.6 is 0 Å². The van der Waals surface area contributed by atoms with Crippen molar-refractivity contribution in [2.24, 2.45) is 0 Å². The number of Topliss-reactive ketones (excluding diaryl/α,β-unsaturated/α-hetero) is 1. The predicted molar refractivity (Wildman–Crippen MR) is 43.9 cm³/mol. The van der Waals surface area contributed by atoms with Crippen molar-refractivity contribution in [3.63, 3.8) is 0 Å². The van der Waals surface area contributed by atoms with Crippen molar-refractivity contribution in [1.29, 1.82) is 0 Å². The molecule has 0 heterocycles. The summed E-state index contributed by atoms with van der Waals surface area (Å²) in [5, 5.41) is 9.09. The van der Waals surface area contributed by atoms with Crippen LogP contribution in [-0.4, -0.2) is 16.5 Å². The molecule has 0 saturated heterocycles. The number of carbonyl (C=O) groups excluding carboxylic acids is 1. The molecule has 0 radical (unpaired) electrons. The van der Waals surface area contributed by atoms with Crippen molar-refractivity contribution < 1.29 is 9.90 Å². The molecule has 0 rings (SSSR count). The Bertz CT molecular complexity index is 233. The standard InChI is InChI=1S/C9H12O2/c1-7(2)8(10)5-6-9(3,4)11/h11H,1H2,2-4H3. The van der Waals surface area contributed by atoms with Crippen molar-refractivity contribution in [3.05, 3.63) is 12.2 Å². The summed E-state index contributed by atoms with van der Waals surface area (Å²) in [6.45, 7) is 8.05. The zero-order valence-electron chi connectivity index (χ0n) is 7.06. The zero-order valence-corrected chi connectivity index (χ0v) is 7.06. The topological polar surface area (TPSA) is 37.3 Å². The zero-order chi connectivity index (χ0) is 9.07. The lowest BCUT2D eigenvalue weighted by molar-refractivity contribution is -0.110. The maximum atomic E-state index is 10.8. The average molecular weight is 152 g/mol. The molecule has 0 aromatic carbocycles. The molecule has 0 aliphatic carbocycles. The average Bonchev–Trinajstić information content (AvgIpc) is 1.80. The van der Waals surface area contributed by atoms with E-state index in [1.165, 1.54) is 13.8 Å². The van der Waals surface area contributed by atoms with E-state index in [1.54, 1.807) is 6.92 Å². The lowest BCUT2D eigenvalue weighted by atomic mass is 10.1. The number of hydrogen-bond acceptors (Lipinski definition) is 2. The predicted octanol–water partition coefficient (Wildman–Crippen LogP) is 0.906. The van der Waals surface area contributed by atoms with Gasteiger partial charge < -0.3 is 5.11 Å². The fourth-order valence-electron chi connectivity index (χ4n) is 0.316. The Morgan fingerprint density at radius 3 is 2.27 bits per heavy atom. The Labute approximate surface area is 66.9 Å². The molecular formula is C9H12O2. The molecule has 0 aromatic heterocycles. The summed E-state index contributed by atoms with van der Waals surface area (Å²) in [4.78, 5) is 10.8. The summed E-state index contributed by atoms with van der Waals surface area (Å²) in [5.41, 5.74) is -0.716. The van der Waals surface area contributed by atoms with Crippen LogP contribution in [0.15, 0.2) is 12.2 Å². The van der Waals surface area contributed by atoms with Crippen LogP contribution in [0.3, 0.4) is 0 Å². The number of carbonyl (C=O) groups is 1. The van der Waals surface area contributed by atoms with Crippen LogP contribution in [-0.2, 0) is 4.79 Å². The Kier molecular flexibility index (Phi) is 3.03. The van der Waals surface area contributed by atoms with E-state index in [9.17, 15) is 4.79 Å². The fraction of sp³-hybridized carbons (Fsp3) is 0.444. The van der Waals surface area contributed by atoms with E-state index < -0.39 is 5.60 Å². The van der Waals surface area contributed by atoms with Crippen molar-refractivity contribution >= 4 is 5.78 Å². The molecule has 60 valence electrons. The number of rotatable bonds is 1. The van der Waals surface area contributed by atoms with E-state index in [2.05, 4.69) is 18.4 Å². The van der Waals surface area contributed by atoms with Crippen LogP contribution in [0.4, 0.5) is 0 Å². The van der Waals surface area contributed by atoms with Gasteiger partial charge in [-0.05, 0) is 32.3 Å². The van der Waals surface area contributed by atoms with Crippen LogP contribution in [0.5, 0.6) is 0 Å². The van der Waals surface area contributed by atoms with E-state index in [1.807, 2.05) is 0 Å². The first-order valence-corrected chi connectivity index (χ1v) is 3.28. The van der Waals surface area contributed by atoms with Crippen LogP contribution in [0.1, 0.15) is 20.8 Å². The Morgan fingerprint density at radius 1 is 1.55 bits per heavy atom. The third-order valence-corrected chi connectivity index (χ3v) is 0.870. The molecule has 11 heavy (non-hydrogen) atoms. The van der Waals surface area contributed by atoms with Gasteiger partial charge in [-0.2, -0.15) is 0 Å². The summed E-state index contributed by atoms with van der Waals surface area (Å²) in [7, 11) is 0. The molecule has 0 aliphatic heterocycles. The Hall–Kier alpha value is -1.07. The SMILES string of the molecule is C=C(C)C(=O)C#CC(C)(C)O. The molecule has 0 unspecified atom stereocenters. The summed E-state index contributed by atoms with van der Waals surface area (Å²) in [6, 6.07) is 0. The molecule has 0 saturated carbocycles. The largest absolute Gasteiger partial charge is 0.378 e. The number of hydrogen-bond donors (Lipinski definition) is 1. The highest BCUT2D eigenvalue weighted by Crippen LogP contribution is 1.97. The minimum Gasteiger partial charge on any atom is -0.378 e. The van der Waals surface area contributed by atoms with Gasteiger partial charge in [0.2, 0.25) is 5.78 Å². The van der Waals surface area contributed by atoms with Gasteiger partial charge in [-0.15, -0.1) is 0 Å². The second-order valence-electron chi connectivity index (χ2n) is 2.92. The quantitative estimate of drug-likeness (QED) is 0.344. The van der Waals surface area contributed by atoms with Gasteiger partial charge in [-0.1, -0.05) is 12.5 Å². The summed E-state index contributed by atoms with van der Waals surface area (Å²) in [6.07, 6.45) is 0. The van der Waals surface area contributed by atoms with Crippen LogP contribution < -0.4 is 0 Å². The highest BCUT2D eigenvalue weighted by atomic mass is 16.3. The van der Waals surface area contributed by atoms with Gasteiger partial charge in [0.25, 0.3) is 0 Å². The first-order valence-electron chi connectivity index (χ1n) is 3.28. The van der Waals surface area contributed by atoms with E-state index in [0.29, 0.717) is 5.57 Å². The second-order valence-corrected chi connectivity index (χ2v) is 2.92. The Morgan fingerprint density at radius 2 is 2.00 bits per heavy atom. The van der Waals surface area contributed by atoms with Gasteiger partial charge in [-0.3, -0.25) is 4.79 Å². The molecule has 0 atom stereocenters. The minimum absolute atomic E-state index is 0.327. The van der Waals surface area contributed by atoms with Crippen LogP contribution in [0.25, 0.3) is 0 Å². The lowest BCUT2D eigenvalue weighted by Crippen LogP contribution is -2.15. The number of ketones is 1. The highest BCUT2D eigenvalue weighted by Gasteiger charge is 2.06. The third-order valence-electron chi connectivity index (χ3n) is 0.870. The maximum Gasteiger partial charge on any atom is 0.231 e. The van der Waals surface area contributed by atoms with Crippen molar-refractivity contribution in [2.45, 2.75) is 26.4 Å². The van der Waals surface area contributed by atoms with Gasteiger partial charge in [0.1, 0.15) is 5.60 Å². The molecule has 0 amide bonds. The molecule has 1 N–H and O–H groups in total. The van der Waals surface area contributed by atoms with Gasteiger partial charge in [0.15, 0.2) is 0 Å². The van der Waals surface area contributed by atoms with Crippen molar-refractivity contribution in [1.82, 2.24) is 0 Å². The van der Waals surface area contributed by atoms with Crippen molar-refractivity contribution in [2.75, 3.05) is 0 Å². The summed E-state index contributed by atoms with van der Waals surface area (Å²) in [5.74, 6) is 4.35. The van der Waals surface area contributed by atoms with E-state index in [-0.39, 0.29) is 5.78 Å². The molecule has 0 spiro atoms. The highest BCUT2D eigenvalue weighted by molar-refractivity contribution is 6.07. The maximum absolute atomic E-state index is 10.8. The van der Waals surface area contributed by atoms with Gasteiger partial charge >= 0.3 is 0 Å². The molecule has 0 aliphatic rings. The number of aliphatic hydroxyl groups is 1. The first kappa shape index (κ1) is 9.93. The first-order chi connectivity index (χ1) is 4.83. The smallest absolute Gasteiger partial charge is 0.231 e. The molecule has 0 aromatic rings.